The SMILES string of the molecule is CCc1nnsc1C(=O)Cc1ccn(C(C)C)n1. The van der Waals surface area contributed by atoms with Crippen molar-refractivity contribution in [2.75, 3.05) is 0 Å². The van der Waals surface area contributed by atoms with Gasteiger partial charge < -0.3 is 0 Å². The predicted molar refractivity (Wildman–Crippen MR) is 69.9 cm³/mol. The fourth-order valence-electron chi connectivity index (χ4n) is 1.66. The number of Topliss-reactive ketones (excluding diaryl/α,β-unsaturated/α-hetero) is 1. The van der Waals surface area contributed by atoms with Gasteiger partial charge in [0.15, 0.2) is 5.78 Å². The molecule has 6 heteroatoms. The van der Waals surface area contributed by atoms with E-state index in [1.54, 1.807) is 0 Å². The molecule has 0 atom stereocenters. The van der Waals surface area contributed by atoms with Gasteiger partial charge in [0, 0.05) is 12.2 Å². The van der Waals surface area contributed by atoms with E-state index >= 15 is 0 Å². The van der Waals surface area contributed by atoms with Crippen molar-refractivity contribution in [3.05, 3.63) is 28.5 Å². The van der Waals surface area contributed by atoms with Crippen LogP contribution in [0.5, 0.6) is 0 Å². The van der Waals surface area contributed by atoms with E-state index in [1.165, 1.54) is 11.5 Å². The van der Waals surface area contributed by atoms with Crippen LogP contribution in [0, 0.1) is 0 Å². The second-order valence-corrected chi connectivity index (χ2v) is 5.14. The van der Waals surface area contributed by atoms with Crippen molar-refractivity contribution in [1.82, 2.24) is 19.4 Å². The van der Waals surface area contributed by atoms with Gasteiger partial charge in [-0.3, -0.25) is 9.48 Å². The van der Waals surface area contributed by atoms with Gasteiger partial charge >= 0.3 is 0 Å². The number of hydrogen-bond acceptors (Lipinski definition) is 5. The normalized spacial score (nSPS) is 11.1. The Morgan fingerprint density at radius 2 is 2.28 bits per heavy atom. The minimum atomic E-state index is 0.0517. The molecule has 96 valence electrons. The van der Waals surface area contributed by atoms with Gasteiger partial charge in [0.1, 0.15) is 4.88 Å². The first-order chi connectivity index (χ1) is 8.61. The van der Waals surface area contributed by atoms with Gasteiger partial charge in [-0.05, 0) is 37.9 Å². The molecule has 0 spiro atoms. The number of ketones is 1. The van der Waals surface area contributed by atoms with Gasteiger partial charge in [0.05, 0.1) is 17.8 Å². The van der Waals surface area contributed by atoms with Crippen LogP contribution in [0.4, 0.5) is 0 Å². The second kappa shape index (κ2) is 5.39. The molecule has 0 amide bonds. The monoisotopic (exact) mass is 264 g/mol. The van der Waals surface area contributed by atoms with Crippen LogP contribution in [0.2, 0.25) is 0 Å². The van der Waals surface area contributed by atoms with E-state index in [9.17, 15) is 4.79 Å². The van der Waals surface area contributed by atoms with Crippen LogP contribution in [0.15, 0.2) is 12.3 Å². The largest absolute Gasteiger partial charge is 0.293 e. The molecule has 0 aliphatic heterocycles. The fraction of sp³-hybridized carbons (Fsp3) is 0.500. The highest BCUT2D eigenvalue weighted by Gasteiger charge is 2.16. The molecule has 0 unspecified atom stereocenters. The fourth-order valence-corrected chi connectivity index (χ4v) is 2.34. The number of carbonyl (C=O) groups excluding carboxylic acids is 1. The van der Waals surface area contributed by atoms with E-state index in [1.807, 2.05) is 23.9 Å². The van der Waals surface area contributed by atoms with Crippen molar-refractivity contribution < 1.29 is 4.79 Å². The molecule has 0 N–H and O–H groups in total. The quantitative estimate of drug-likeness (QED) is 0.777. The van der Waals surface area contributed by atoms with Gasteiger partial charge in [0.2, 0.25) is 0 Å². The summed E-state index contributed by atoms with van der Waals surface area (Å²) >= 11 is 1.17. The second-order valence-electron chi connectivity index (χ2n) is 4.38. The zero-order chi connectivity index (χ0) is 13.1. The molecule has 0 bridgehead atoms. The summed E-state index contributed by atoms with van der Waals surface area (Å²) in [6, 6.07) is 2.20. The molecule has 2 rings (SSSR count). The molecule has 0 aromatic carbocycles. The van der Waals surface area contributed by atoms with Crippen LogP contribution in [0.1, 0.15) is 47.9 Å². The molecule has 18 heavy (non-hydrogen) atoms. The number of nitrogens with zero attached hydrogens (tertiary/aromatic N) is 4. The highest BCUT2D eigenvalue weighted by Crippen LogP contribution is 2.15. The zero-order valence-corrected chi connectivity index (χ0v) is 11.6. The first-order valence-corrected chi connectivity index (χ1v) is 6.77. The van der Waals surface area contributed by atoms with Gasteiger partial charge in [-0.25, -0.2) is 0 Å². The van der Waals surface area contributed by atoms with Crippen LogP contribution >= 0.6 is 11.5 Å². The Morgan fingerprint density at radius 1 is 1.50 bits per heavy atom. The topological polar surface area (TPSA) is 60.7 Å². The maximum Gasteiger partial charge on any atom is 0.182 e. The lowest BCUT2D eigenvalue weighted by Gasteiger charge is -2.03. The molecule has 0 aliphatic rings. The third-order valence-electron chi connectivity index (χ3n) is 2.68. The van der Waals surface area contributed by atoms with Gasteiger partial charge in [-0.1, -0.05) is 11.4 Å². The lowest BCUT2D eigenvalue weighted by molar-refractivity contribution is 0.0994. The van der Waals surface area contributed by atoms with Crippen LogP contribution in [0.3, 0.4) is 0 Å². The van der Waals surface area contributed by atoms with E-state index in [2.05, 4.69) is 28.5 Å². The summed E-state index contributed by atoms with van der Waals surface area (Å²) in [5.74, 6) is 0.0517. The highest BCUT2D eigenvalue weighted by molar-refractivity contribution is 7.08. The summed E-state index contributed by atoms with van der Waals surface area (Å²) in [5.41, 5.74) is 1.58. The predicted octanol–water partition coefficient (Wildman–Crippen LogP) is 2.30. The van der Waals surface area contributed by atoms with E-state index in [-0.39, 0.29) is 5.78 Å². The van der Waals surface area contributed by atoms with Crippen molar-refractivity contribution in [2.24, 2.45) is 0 Å². The Hall–Kier alpha value is -1.56. The van der Waals surface area contributed by atoms with Crippen LogP contribution in [-0.4, -0.2) is 25.2 Å². The molecule has 0 saturated heterocycles. The molecular formula is C12H16N4OS. The summed E-state index contributed by atoms with van der Waals surface area (Å²) in [6.07, 6.45) is 2.95. The Kier molecular flexibility index (Phi) is 3.86. The maximum atomic E-state index is 12.1. The van der Waals surface area contributed by atoms with Gasteiger partial charge in [-0.2, -0.15) is 5.10 Å². The summed E-state index contributed by atoms with van der Waals surface area (Å²) in [4.78, 5) is 12.8. The van der Waals surface area contributed by atoms with Gasteiger partial charge in [-0.15, -0.1) is 5.10 Å². The molecule has 0 fully saturated rings. The van der Waals surface area contributed by atoms with E-state index in [0.717, 1.165) is 17.8 Å². The average molecular weight is 264 g/mol. The van der Waals surface area contributed by atoms with Crippen LogP contribution in [-0.2, 0) is 12.8 Å². The molecule has 0 aliphatic carbocycles. The third-order valence-corrected chi connectivity index (χ3v) is 3.49. The number of rotatable bonds is 5. The smallest absolute Gasteiger partial charge is 0.182 e. The molecular weight excluding hydrogens is 248 g/mol. The van der Waals surface area contributed by atoms with Crippen molar-refractivity contribution in [3.8, 4) is 0 Å². The summed E-state index contributed by atoms with van der Waals surface area (Å²) in [5, 5.41) is 8.33. The Labute approximate surface area is 110 Å². The van der Waals surface area contributed by atoms with E-state index in [4.69, 9.17) is 0 Å². The van der Waals surface area contributed by atoms with E-state index in [0.29, 0.717) is 17.3 Å². The first-order valence-electron chi connectivity index (χ1n) is 6.00. The highest BCUT2D eigenvalue weighted by atomic mass is 32.1. The Morgan fingerprint density at radius 3 is 2.89 bits per heavy atom. The molecule has 5 nitrogen and oxygen atoms in total. The molecule has 2 aromatic rings. The summed E-state index contributed by atoms with van der Waals surface area (Å²) in [7, 11) is 0. The number of hydrogen-bond donors (Lipinski definition) is 0. The van der Waals surface area contributed by atoms with Crippen molar-refractivity contribution in [3.63, 3.8) is 0 Å². The lowest BCUT2D eigenvalue weighted by atomic mass is 10.1. The van der Waals surface area contributed by atoms with Crippen LogP contribution < -0.4 is 0 Å². The van der Waals surface area contributed by atoms with Gasteiger partial charge in [0.25, 0.3) is 0 Å². The minimum Gasteiger partial charge on any atom is -0.293 e. The number of carbonyl (C=O) groups is 1. The average Bonchev–Trinajstić information content (AvgIpc) is 2.96. The Balaban J connectivity index is 2.11. The first kappa shape index (κ1) is 12.9. The summed E-state index contributed by atoms with van der Waals surface area (Å²) < 4.78 is 5.69. The number of aryl methyl sites for hydroxylation is 1. The molecule has 2 aromatic heterocycles. The van der Waals surface area contributed by atoms with Crippen LogP contribution in [0.25, 0.3) is 0 Å². The standard InChI is InChI=1S/C12H16N4OS/c1-4-10-12(18-15-13-10)11(17)7-9-5-6-16(14-9)8(2)3/h5-6,8H,4,7H2,1-3H3. The van der Waals surface area contributed by atoms with E-state index < -0.39 is 0 Å². The van der Waals surface area contributed by atoms with Crippen molar-refractivity contribution in [2.45, 2.75) is 39.7 Å². The lowest BCUT2D eigenvalue weighted by Crippen LogP contribution is -2.07. The maximum absolute atomic E-state index is 12.1. The minimum absolute atomic E-state index is 0.0517. The number of aromatic nitrogens is 4. The van der Waals surface area contributed by atoms with Crippen molar-refractivity contribution in [1.29, 1.82) is 0 Å². The molecule has 0 saturated carbocycles. The zero-order valence-electron chi connectivity index (χ0n) is 10.8. The third kappa shape index (κ3) is 2.64. The molecule has 2 heterocycles. The summed E-state index contributed by atoms with van der Waals surface area (Å²) in [6.45, 7) is 6.09. The Bertz CT molecular complexity index is 544. The molecule has 0 radical (unpaired) electrons. The van der Waals surface area contributed by atoms with Crippen molar-refractivity contribution >= 4 is 17.3 Å².